The molecule has 0 saturated carbocycles. The third kappa shape index (κ3) is 4.91. The molecule has 0 spiro atoms. The maximum absolute atomic E-state index is 14.6. The fourth-order valence-corrected chi connectivity index (χ4v) is 4.28. The number of nitrogens with one attached hydrogen (secondary N) is 1. The second-order valence-corrected chi connectivity index (χ2v) is 8.55. The monoisotopic (exact) mass is 504 g/mol. The molecule has 4 rings (SSSR count). The predicted octanol–water partition coefficient (Wildman–Crippen LogP) is 4.65. The van der Waals surface area contributed by atoms with Crippen LogP contribution in [0.25, 0.3) is 0 Å². The number of carbonyl (C=O) groups excluding carboxylic acids is 2. The Morgan fingerprint density at radius 2 is 1.83 bits per heavy atom. The topological polar surface area (TPSA) is 76.5 Å². The molecule has 0 saturated heterocycles. The number of hydrogen-bond acceptors (Lipinski definition) is 5. The lowest BCUT2D eigenvalue weighted by molar-refractivity contribution is -0.137. The molecule has 1 aliphatic rings. The Bertz CT molecular complexity index is 1300. The summed E-state index contributed by atoms with van der Waals surface area (Å²) >= 11 is 0. The summed E-state index contributed by atoms with van der Waals surface area (Å²) < 4.78 is 59.6. The summed E-state index contributed by atoms with van der Waals surface area (Å²) in [5.41, 5.74) is 0.976. The molecule has 0 unspecified atom stereocenters. The Morgan fingerprint density at radius 3 is 2.44 bits per heavy atom. The molecule has 190 valence electrons. The Labute approximate surface area is 204 Å². The number of carbonyl (C=O) groups is 2. The quantitative estimate of drug-likeness (QED) is 0.391. The Kier molecular flexibility index (Phi) is 6.75. The molecular weight excluding hydrogens is 480 g/mol. The molecule has 11 heteroatoms. The van der Waals surface area contributed by atoms with Crippen LogP contribution in [0.2, 0.25) is 0 Å². The van der Waals surface area contributed by atoms with Gasteiger partial charge >= 0.3 is 12.1 Å². The maximum Gasteiger partial charge on any atom is 0.416 e. The molecule has 1 atom stereocenters. The standard InChI is InChI=1S/C25H24F4N4O3/c1-14(19-9-6-17(12-20(19)26)24(35)36-3)30-22(34)21-15(2)31-33-11-10-32(23(21)33)13-16-4-7-18(8-5-16)25(27,28)29/h4-9,12,14H,10-11,13H2,1-3H3,(H,30,34)/t14-/m0/s1. The van der Waals surface area contributed by atoms with Crippen LogP contribution in [0.15, 0.2) is 42.5 Å². The van der Waals surface area contributed by atoms with Crippen molar-refractivity contribution < 1.29 is 31.9 Å². The second-order valence-electron chi connectivity index (χ2n) is 8.55. The molecule has 7 nitrogen and oxygen atoms in total. The van der Waals surface area contributed by atoms with Crippen molar-refractivity contribution in [2.75, 3.05) is 18.6 Å². The summed E-state index contributed by atoms with van der Waals surface area (Å²) in [5, 5.41) is 7.21. The van der Waals surface area contributed by atoms with E-state index in [0.717, 1.165) is 18.2 Å². The molecule has 1 amide bonds. The van der Waals surface area contributed by atoms with Gasteiger partial charge in [-0.25, -0.2) is 13.9 Å². The van der Waals surface area contributed by atoms with Gasteiger partial charge in [0, 0.05) is 18.7 Å². The first-order valence-corrected chi connectivity index (χ1v) is 11.2. The van der Waals surface area contributed by atoms with Crippen molar-refractivity contribution in [3.63, 3.8) is 0 Å². The molecule has 2 heterocycles. The zero-order chi connectivity index (χ0) is 26.2. The molecule has 0 aliphatic carbocycles. The van der Waals surface area contributed by atoms with Crippen LogP contribution >= 0.6 is 0 Å². The van der Waals surface area contributed by atoms with Gasteiger partial charge < -0.3 is 15.0 Å². The summed E-state index contributed by atoms with van der Waals surface area (Å²) in [5.74, 6) is -1.24. The number of anilines is 1. The second kappa shape index (κ2) is 9.63. The van der Waals surface area contributed by atoms with E-state index in [2.05, 4.69) is 15.2 Å². The van der Waals surface area contributed by atoms with Gasteiger partial charge in [0.15, 0.2) is 0 Å². The average Bonchev–Trinajstić information content (AvgIpc) is 3.35. The molecule has 0 bridgehead atoms. The van der Waals surface area contributed by atoms with E-state index < -0.39 is 35.5 Å². The van der Waals surface area contributed by atoms with Crippen LogP contribution in [0, 0.1) is 12.7 Å². The van der Waals surface area contributed by atoms with E-state index in [4.69, 9.17) is 0 Å². The molecule has 1 N–H and O–H groups in total. The summed E-state index contributed by atoms with van der Waals surface area (Å²) in [6, 6.07) is 8.06. The Balaban J connectivity index is 1.53. The highest BCUT2D eigenvalue weighted by molar-refractivity contribution is 6.00. The van der Waals surface area contributed by atoms with Crippen molar-refractivity contribution in [1.82, 2.24) is 15.1 Å². The lowest BCUT2D eigenvalue weighted by Crippen LogP contribution is -2.30. The first kappa shape index (κ1) is 25.2. The SMILES string of the molecule is COC(=O)c1ccc([C@H](C)NC(=O)c2c(C)nn3c2N(Cc2ccc(C(F)(F)F)cc2)CC3)c(F)c1. The van der Waals surface area contributed by atoms with Crippen LogP contribution in [-0.2, 0) is 24.0 Å². The van der Waals surface area contributed by atoms with Crippen LogP contribution in [-0.4, -0.2) is 35.3 Å². The number of aromatic nitrogens is 2. The number of ether oxygens (including phenoxy) is 1. The van der Waals surface area contributed by atoms with Crippen molar-refractivity contribution >= 4 is 17.7 Å². The fraction of sp³-hybridized carbons (Fsp3) is 0.320. The number of amides is 1. The summed E-state index contributed by atoms with van der Waals surface area (Å²) in [7, 11) is 1.20. The van der Waals surface area contributed by atoms with E-state index >= 15 is 0 Å². The first-order valence-electron chi connectivity index (χ1n) is 11.2. The molecule has 36 heavy (non-hydrogen) atoms. The highest BCUT2D eigenvalue weighted by atomic mass is 19.4. The van der Waals surface area contributed by atoms with Crippen LogP contribution in [0.4, 0.5) is 23.4 Å². The van der Waals surface area contributed by atoms with Crippen molar-refractivity contribution in [2.45, 2.75) is 39.2 Å². The Hall–Kier alpha value is -3.89. The summed E-state index contributed by atoms with van der Waals surface area (Å²) in [6.07, 6.45) is -4.41. The molecule has 0 fully saturated rings. The smallest absolute Gasteiger partial charge is 0.416 e. The molecular formula is C25H24F4N4O3. The fourth-order valence-electron chi connectivity index (χ4n) is 4.28. The number of rotatable bonds is 6. The van der Waals surface area contributed by atoms with Crippen molar-refractivity contribution in [3.05, 3.63) is 81.8 Å². The highest BCUT2D eigenvalue weighted by Gasteiger charge is 2.32. The number of nitrogens with zero attached hydrogens (tertiary/aromatic N) is 3. The number of fused-ring (bicyclic) bond motifs is 1. The number of alkyl halides is 3. The van der Waals surface area contributed by atoms with Gasteiger partial charge in [-0.1, -0.05) is 18.2 Å². The molecule has 0 radical (unpaired) electrons. The van der Waals surface area contributed by atoms with Gasteiger partial charge in [0.25, 0.3) is 5.91 Å². The molecule has 2 aromatic carbocycles. The van der Waals surface area contributed by atoms with Gasteiger partial charge in [0.1, 0.15) is 17.2 Å². The summed E-state index contributed by atoms with van der Waals surface area (Å²) in [4.78, 5) is 26.8. The normalized spacial score (nSPS) is 13.9. The number of methoxy groups -OCH3 is 1. The van der Waals surface area contributed by atoms with Crippen LogP contribution < -0.4 is 10.2 Å². The number of halogens is 4. The lowest BCUT2D eigenvalue weighted by Gasteiger charge is -2.21. The molecule has 1 aliphatic heterocycles. The van der Waals surface area contributed by atoms with Gasteiger partial charge in [0.2, 0.25) is 0 Å². The minimum atomic E-state index is -4.41. The van der Waals surface area contributed by atoms with Crippen molar-refractivity contribution in [3.8, 4) is 0 Å². The van der Waals surface area contributed by atoms with Gasteiger partial charge in [-0.2, -0.15) is 18.3 Å². The number of esters is 1. The minimum absolute atomic E-state index is 0.0569. The van der Waals surface area contributed by atoms with Crippen LogP contribution in [0.1, 0.15) is 56.1 Å². The molecule has 3 aromatic rings. The van der Waals surface area contributed by atoms with E-state index in [-0.39, 0.29) is 11.1 Å². The Morgan fingerprint density at radius 1 is 1.14 bits per heavy atom. The largest absolute Gasteiger partial charge is 0.465 e. The third-order valence-corrected chi connectivity index (χ3v) is 6.10. The van der Waals surface area contributed by atoms with E-state index in [0.29, 0.717) is 42.3 Å². The van der Waals surface area contributed by atoms with Crippen LogP contribution in [0.3, 0.4) is 0 Å². The first-order chi connectivity index (χ1) is 17.0. The van der Waals surface area contributed by atoms with Crippen molar-refractivity contribution in [2.24, 2.45) is 0 Å². The van der Waals surface area contributed by atoms with Gasteiger partial charge in [0.05, 0.1) is 36.5 Å². The van der Waals surface area contributed by atoms with Gasteiger partial charge in [-0.05, 0) is 43.7 Å². The van der Waals surface area contributed by atoms with Gasteiger partial charge in [-0.15, -0.1) is 0 Å². The average molecular weight is 504 g/mol. The zero-order valence-electron chi connectivity index (χ0n) is 19.8. The lowest BCUT2D eigenvalue weighted by atomic mass is 10.0. The third-order valence-electron chi connectivity index (χ3n) is 6.10. The zero-order valence-corrected chi connectivity index (χ0v) is 19.8. The number of hydrogen-bond donors (Lipinski definition) is 1. The van der Waals surface area contributed by atoms with E-state index in [9.17, 15) is 27.2 Å². The van der Waals surface area contributed by atoms with E-state index in [1.807, 2.05) is 4.90 Å². The predicted molar refractivity (Wildman–Crippen MR) is 123 cm³/mol. The minimum Gasteiger partial charge on any atom is -0.465 e. The van der Waals surface area contributed by atoms with Crippen molar-refractivity contribution in [1.29, 1.82) is 0 Å². The molecule has 1 aromatic heterocycles. The van der Waals surface area contributed by atoms with Crippen LogP contribution in [0.5, 0.6) is 0 Å². The van der Waals surface area contributed by atoms with E-state index in [1.54, 1.807) is 18.5 Å². The van der Waals surface area contributed by atoms with Gasteiger partial charge in [-0.3, -0.25) is 4.79 Å². The highest BCUT2D eigenvalue weighted by Crippen LogP contribution is 2.32. The summed E-state index contributed by atoms with van der Waals surface area (Å²) in [6.45, 7) is 4.65. The number of aryl methyl sites for hydroxylation is 1. The maximum atomic E-state index is 14.6. The number of benzene rings is 2. The van der Waals surface area contributed by atoms with E-state index in [1.165, 1.54) is 31.4 Å².